The molecule has 4 aromatic rings. The van der Waals surface area contributed by atoms with Crippen molar-refractivity contribution in [3.63, 3.8) is 0 Å². The van der Waals surface area contributed by atoms with Crippen molar-refractivity contribution in [1.82, 2.24) is 24.6 Å². The monoisotopic (exact) mass is 569 g/mol. The lowest BCUT2D eigenvalue weighted by Crippen LogP contribution is -2.19. The largest absolute Gasteiger partial charge is 0.462 e. The number of hydrogen-bond donors (Lipinski definition) is 0. The molecule has 3 heterocycles. The van der Waals surface area contributed by atoms with E-state index >= 15 is 0 Å². The molecular weight excluding hydrogens is 534 g/mol. The summed E-state index contributed by atoms with van der Waals surface area (Å²) in [7, 11) is 3.47. The molecule has 0 aliphatic heterocycles. The number of ketones is 1. The molecule has 3 aromatic heterocycles. The molecule has 0 aliphatic rings. The Labute approximate surface area is 245 Å². The van der Waals surface area contributed by atoms with E-state index in [9.17, 15) is 14.4 Å². The summed E-state index contributed by atoms with van der Waals surface area (Å²) in [5.74, 6) is -1.34. The second-order valence-corrected chi connectivity index (χ2v) is 9.11. The van der Waals surface area contributed by atoms with Crippen LogP contribution in [0.1, 0.15) is 40.1 Å². The van der Waals surface area contributed by atoms with Crippen LogP contribution in [0.5, 0.6) is 0 Å². The molecule has 0 bridgehead atoms. The molecule has 0 aliphatic carbocycles. The summed E-state index contributed by atoms with van der Waals surface area (Å²) in [4.78, 5) is 45.7. The summed E-state index contributed by atoms with van der Waals surface area (Å²) >= 11 is 0. The van der Waals surface area contributed by atoms with Gasteiger partial charge in [0, 0.05) is 62.8 Å². The van der Waals surface area contributed by atoms with Crippen LogP contribution in [-0.2, 0) is 27.2 Å². The van der Waals surface area contributed by atoms with Crippen molar-refractivity contribution in [2.75, 3.05) is 27.3 Å². The van der Waals surface area contributed by atoms with Crippen molar-refractivity contribution in [2.24, 2.45) is 0 Å². The van der Waals surface area contributed by atoms with Crippen LogP contribution in [-0.4, -0.2) is 69.7 Å². The highest BCUT2D eigenvalue weighted by molar-refractivity contribution is 6.24. The molecule has 0 radical (unpaired) electrons. The Morgan fingerprint density at radius 1 is 0.857 bits per heavy atom. The first-order valence-corrected chi connectivity index (χ1v) is 13.5. The number of pyridine rings is 2. The van der Waals surface area contributed by atoms with E-state index in [-0.39, 0.29) is 23.9 Å². The summed E-state index contributed by atoms with van der Waals surface area (Å²) in [6.45, 7) is 4.74. The minimum absolute atomic E-state index is 0.00745. The van der Waals surface area contributed by atoms with E-state index in [0.29, 0.717) is 24.3 Å². The van der Waals surface area contributed by atoms with Gasteiger partial charge in [0.1, 0.15) is 11.1 Å². The smallest absolute Gasteiger partial charge is 0.343 e. The molecule has 0 spiro atoms. The van der Waals surface area contributed by atoms with E-state index in [2.05, 4.69) is 27.2 Å². The van der Waals surface area contributed by atoms with Gasteiger partial charge in [-0.25, -0.2) is 9.59 Å². The highest BCUT2D eigenvalue weighted by Gasteiger charge is 2.22. The predicted octanol–water partition coefficient (Wildman–Crippen LogP) is 4.64. The molecule has 0 fully saturated rings. The van der Waals surface area contributed by atoms with Crippen LogP contribution < -0.4 is 0 Å². The molecule has 0 saturated heterocycles. The molecule has 218 valence electrons. The lowest BCUT2D eigenvalue weighted by Gasteiger charge is -2.10. The maximum absolute atomic E-state index is 12.2. The zero-order valence-corrected chi connectivity index (χ0v) is 24.3. The van der Waals surface area contributed by atoms with Crippen LogP contribution in [0.3, 0.4) is 0 Å². The number of aryl methyl sites for hydroxylation is 2. The van der Waals surface area contributed by atoms with Crippen LogP contribution in [0.4, 0.5) is 0 Å². The number of carbonyl (C=O) groups is 3. The summed E-state index contributed by atoms with van der Waals surface area (Å²) < 4.78 is 11.9. The first-order valence-electron chi connectivity index (χ1n) is 13.5. The van der Waals surface area contributed by atoms with E-state index in [1.54, 1.807) is 63.6 Å². The highest BCUT2D eigenvalue weighted by atomic mass is 16.5. The average molecular weight is 570 g/mol. The summed E-state index contributed by atoms with van der Waals surface area (Å²) in [6, 6.07) is 17.1. The zero-order valence-electron chi connectivity index (χ0n) is 24.3. The third kappa shape index (κ3) is 8.95. The van der Waals surface area contributed by atoms with Gasteiger partial charge in [0.15, 0.2) is 0 Å². The minimum Gasteiger partial charge on any atom is -0.462 e. The number of rotatable bonds is 11. The van der Waals surface area contributed by atoms with E-state index < -0.39 is 5.97 Å². The fourth-order valence-corrected chi connectivity index (χ4v) is 3.94. The second-order valence-electron chi connectivity index (χ2n) is 9.11. The van der Waals surface area contributed by atoms with E-state index in [1.165, 1.54) is 24.2 Å². The van der Waals surface area contributed by atoms with Crippen molar-refractivity contribution < 1.29 is 23.9 Å². The van der Waals surface area contributed by atoms with Crippen LogP contribution in [0.25, 0.3) is 11.3 Å². The molecule has 0 N–H and O–H groups in total. The third-order valence-corrected chi connectivity index (χ3v) is 5.81. The number of aromatic nitrogens is 4. The fourth-order valence-electron chi connectivity index (χ4n) is 3.94. The van der Waals surface area contributed by atoms with Gasteiger partial charge in [-0.3, -0.25) is 19.4 Å². The summed E-state index contributed by atoms with van der Waals surface area (Å²) in [5.41, 5.74) is 3.80. The molecule has 1 aromatic carbocycles. The van der Waals surface area contributed by atoms with Gasteiger partial charge in [-0.05, 0) is 50.1 Å². The number of nitrogens with zero attached hydrogens (tertiary/aromatic N) is 5. The standard InChI is InChI=1S/C19H19N3O2.C13H16N2O3/c1-2-24-19(23)17-14-21-22(13-10-15-6-4-3-5-7-15)18(17)16-8-11-20-12-9-16;1-4-18-13(17)11(9-15(2)3)12(16)10-5-7-14-8-6-10/h3-9,11-12,14H,2,10,13H2,1H3;5-9H,4H2,1-3H3. The van der Waals surface area contributed by atoms with E-state index in [1.807, 2.05) is 35.0 Å². The topological polar surface area (TPSA) is 117 Å². The van der Waals surface area contributed by atoms with Crippen molar-refractivity contribution in [2.45, 2.75) is 26.8 Å². The number of benzene rings is 1. The molecule has 0 unspecified atom stereocenters. The molecule has 4 rings (SSSR count). The Morgan fingerprint density at radius 2 is 1.48 bits per heavy atom. The summed E-state index contributed by atoms with van der Waals surface area (Å²) in [5, 5.41) is 4.41. The van der Waals surface area contributed by atoms with Gasteiger partial charge in [-0.2, -0.15) is 5.10 Å². The van der Waals surface area contributed by atoms with Gasteiger partial charge < -0.3 is 14.4 Å². The number of hydrogen-bond acceptors (Lipinski definition) is 9. The fraction of sp³-hybridized carbons (Fsp3) is 0.250. The van der Waals surface area contributed by atoms with E-state index in [0.717, 1.165) is 17.7 Å². The molecule has 42 heavy (non-hydrogen) atoms. The molecule has 0 saturated carbocycles. The Bertz CT molecular complexity index is 1470. The maximum Gasteiger partial charge on any atom is 0.343 e. The van der Waals surface area contributed by atoms with Gasteiger partial charge in [0.2, 0.25) is 5.78 Å². The lowest BCUT2D eigenvalue weighted by atomic mass is 10.1. The van der Waals surface area contributed by atoms with Crippen LogP contribution in [0.15, 0.2) is 97.4 Å². The Kier molecular flexibility index (Phi) is 12.1. The Hall–Kier alpha value is -5.12. The van der Waals surface area contributed by atoms with Crippen molar-refractivity contribution in [3.8, 4) is 11.3 Å². The van der Waals surface area contributed by atoms with Gasteiger partial charge >= 0.3 is 11.9 Å². The van der Waals surface area contributed by atoms with Crippen LogP contribution in [0, 0.1) is 0 Å². The normalized spacial score (nSPS) is 10.7. The molecule has 10 nitrogen and oxygen atoms in total. The third-order valence-electron chi connectivity index (χ3n) is 5.81. The van der Waals surface area contributed by atoms with Crippen LogP contribution >= 0.6 is 0 Å². The van der Waals surface area contributed by atoms with E-state index in [4.69, 9.17) is 9.47 Å². The van der Waals surface area contributed by atoms with Crippen molar-refractivity contribution >= 4 is 17.7 Å². The second kappa shape index (κ2) is 16.2. The number of Topliss-reactive ketones (excluding diaryl/α,β-unsaturated/α-hetero) is 1. The molecular formula is C32H35N5O5. The molecule has 0 atom stereocenters. The van der Waals surface area contributed by atoms with Crippen LogP contribution in [0.2, 0.25) is 0 Å². The molecule has 0 amide bonds. The van der Waals surface area contributed by atoms with Crippen molar-refractivity contribution in [1.29, 1.82) is 0 Å². The first kappa shape index (κ1) is 31.4. The first-order chi connectivity index (χ1) is 20.3. The quantitative estimate of drug-likeness (QED) is 0.0837. The zero-order chi connectivity index (χ0) is 30.3. The summed E-state index contributed by atoms with van der Waals surface area (Å²) in [6.07, 6.45) is 10.3. The maximum atomic E-state index is 12.2. The van der Waals surface area contributed by atoms with Gasteiger partial charge in [0.25, 0.3) is 0 Å². The van der Waals surface area contributed by atoms with Gasteiger partial charge in [0.05, 0.1) is 25.1 Å². The number of esters is 2. The number of carbonyl (C=O) groups excluding carboxylic acids is 3. The van der Waals surface area contributed by atoms with Crippen molar-refractivity contribution in [3.05, 3.63) is 114 Å². The number of ether oxygens (including phenoxy) is 2. The average Bonchev–Trinajstić information content (AvgIpc) is 3.44. The Balaban J connectivity index is 0.000000241. The minimum atomic E-state index is -0.618. The SMILES string of the molecule is CCOC(=O)C(=CN(C)C)C(=O)c1ccncc1.CCOC(=O)c1cnn(CCc2ccccc2)c1-c1ccncc1. The van der Waals surface area contributed by atoms with Gasteiger partial charge in [-0.1, -0.05) is 30.3 Å². The molecule has 10 heteroatoms. The van der Waals surface area contributed by atoms with Gasteiger partial charge in [-0.15, -0.1) is 0 Å². The highest BCUT2D eigenvalue weighted by Crippen LogP contribution is 2.24. The lowest BCUT2D eigenvalue weighted by molar-refractivity contribution is -0.138. The predicted molar refractivity (Wildman–Crippen MR) is 159 cm³/mol. The Morgan fingerprint density at radius 3 is 2.07 bits per heavy atom.